The number of nitrogens with zero attached hydrogens (tertiary/aromatic N) is 2. The Morgan fingerprint density at radius 1 is 0.554 bits per heavy atom. The van der Waals surface area contributed by atoms with Gasteiger partial charge in [0.2, 0.25) is 0 Å². The molecule has 0 saturated heterocycles. The van der Waals surface area contributed by atoms with Gasteiger partial charge in [-0.15, -0.1) is 70.4 Å². The van der Waals surface area contributed by atoms with Crippen molar-refractivity contribution in [1.82, 2.24) is 9.97 Å². The predicted octanol–water partition coefficient (Wildman–Crippen LogP) is 14.4. The Morgan fingerprint density at radius 3 is 1.50 bits per heavy atom. The van der Waals surface area contributed by atoms with Crippen molar-refractivity contribution >= 4 is 64.8 Å². The molecule has 12 bridgehead atoms. The molecule has 7 aromatic carbocycles. The molecule has 56 heavy (non-hydrogen) atoms. The summed E-state index contributed by atoms with van der Waals surface area (Å²) in [4.78, 5) is 9.08. The molecule has 9 aromatic rings. The number of hydrogen-bond acceptors (Lipinski definition) is 2. The molecule has 0 amide bonds. The molecular formula is C53H45IrN2. The van der Waals surface area contributed by atoms with E-state index in [1.807, 2.05) is 70.3 Å². The van der Waals surface area contributed by atoms with Crippen molar-refractivity contribution in [3.63, 3.8) is 0 Å². The zero-order valence-corrected chi connectivity index (χ0v) is 34.8. The molecule has 3 heteroatoms. The molecule has 0 radical (unpaired) electrons. The zero-order valence-electron chi connectivity index (χ0n) is 34.4. The fraction of sp³-hybridized carbons (Fsp3) is 0.113. The third-order valence-corrected chi connectivity index (χ3v) is 9.48. The van der Waals surface area contributed by atoms with E-state index in [1.54, 1.807) is 6.20 Å². The molecule has 0 unspecified atom stereocenters. The number of pyridine rings is 2. The number of hydrogen-bond donors (Lipinski definition) is 0. The average Bonchev–Trinajstić information content (AvgIpc) is 3.24. The van der Waals surface area contributed by atoms with Gasteiger partial charge in [-0.2, -0.15) is 0 Å². The fourth-order valence-electron chi connectivity index (χ4n) is 6.79. The van der Waals surface area contributed by atoms with Gasteiger partial charge in [-0.1, -0.05) is 119 Å². The minimum Gasteiger partial charge on any atom is -0.358 e. The second-order valence-electron chi connectivity index (χ2n) is 14.8. The number of benzene rings is 6. The Bertz CT molecular complexity index is 2480. The molecule has 2 nitrogen and oxygen atoms in total. The second-order valence-corrected chi connectivity index (χ2v) is 14.8. The van der Waals surface area contributed by atoms with Crippen LogP contribution >= 0.6 is 0 Å². The number of aryl methyl sites for hydroxylation is 1. The van der Waals surface area contributed by atoms with Crippen LogP contribution in [0.5, 0.6) is 0 Å². The predicted molar refractivity (Wildman–Crippen MR) is 237 cm³/mol. The van der Waals surface area contributed by atoms with E-state index >= 15 is 0 Å². The third-order valence-electron chi connectivity index (χ3n) is 9.48. The Labute approximate surface area is 347 Å². The van der Waals surface area contributed by atoms with E-state index in [4.69, 9.17) is 7.73 Å². The summed E-state index contributed by atoms with van der Waals surface area (Å²) < 4.78 is 16.5. The molecule has 276 valence electrons. The van der Waals surface area contributed by atoms with Crippen LogP contribution in [0.4, 0.5) is 0 Å². The van der Waals surface area contributed by atoms with Gasteiger partial charge in [0.15, 0.2) is 0 Å². The molecule has 0 aliphatic rings. The Hall–Kier alpha value is -5.73. The van der Waals surface area contributed by atoms with Gasteiger partial charge < -0.3 is 17.4 Å². The third kappa shape index (κ3) is 9.37. The summed E-state index contributed by atoms with van der Waals surface area (Å²) in [7, 11) is 0. The summed E-state index contributed by atoms with van der Waals surface area (Å²) in [5, 5.41) is 12.9. The first-order chi connectivity index (χ1) is 27.0. The first-order valence-electron chi connectivity index (χ1n) is 19.4. The number of rotatable bonds is 2. The summed E-state index contributed by atoms with van der Waals surface area (Å²) in [5.41, 5.74) is 3.98. The maximum atomic E-state index is 8.24. The van der Waals surface area contributed by atoms with E-state index < -0.39 is 11.8 Å². The van der Waals surface area contributed by atoms with Crippen molar-refractivity contribution in [2.24, 2.45) is 5.41 Å². The van der Waals surface area contributed by atoms with Gasteiger partial charge in [0.25, 0.3) is 0 Å². The van der Waals surface area contributed by atoms with Gasteiger partial charge in [-0.25, -0.2) is 0 Å². The summed E-state index contributed by atoms with van der Waals surface area (Å²) in [6.07, 6.45) is 2.12. The molecule has 0 fully saturated rings. The van der Waals surface area contributed by atoms with E-state index in [0.29, 0.717) is 5.56 Å². The molecule has 0 aliphatic carbocycles. The van der Waals surface area contributed by atoms with Crippen LogP contribution in [0.25, 0.3) is 76.0 Å². The van der Waals surface area contributed by atoms with E-state index in [-0.39, 0.29) is 27.5 Å². The van der Waals surface area contributed by atoms with E-state index in [9.17, 15) is 0 Å². The molecule has 9 rings (SSSR count). The molecule has 0 saturated carbocycles. The molecule has 2 heterocycles. The zero-order chi connectivity index (χ0) is 38.9. The van der Waals surface area contributed by atoms with Crippen molar-refractivity contribution in [1.29, 1.82) is 0 Å². The molecule has 0 N–H and O–H groups in total. The van der Waals surface area contributed by atoms with Crippen LogP contribution in [0.2, 0.25) is 0 Å². The van der Waals surface area contributed by atoms with Crippen LogP contribution in [0.15, 0.2) is 170 Å². The van der Waals surface area contributed by atoms with Crippen molar-refractivity contribution in [3.05, 3.63) is 201 Å². The van der Waals surface area contributed by atoms with Crippen LogP contribution in [-0.2, 0) is 26.5 Å². The van der Waals surface area contributed by atoms with Crippen molar-refractivity contribution in [3.8, 4) is 11.3 Å². The van der Waals surface area contributed by atoms with Gasteiger partial charge in [0.05, 0.1) is 0 Å². The average molecular weight is 904 g/mol. The monoisotopic (exact) mass is 904 g/mol. The number of fused-ring (bicyclic) bond motifs is 18. The molecular weight excluding hydrogens is 857 g/mol. The summed E-state index contributed by atoms with van der Waals surface area (Å²) in [5.74, 6) is 0. The van der Waals surface area contributed by atoms with Crippen LogP contribution in [-0.4, -0.2) is 9.97 Å². The first-order valence-corrected chi connectivity index (χ1v) is 18.4. The van der Waals surface area contributed by atoms with E-state index in [2.05, 4.69) is 138 Å². The van der Waals surface area contributed by atoms with Crippen molar-refractivity contribution in [2.45, 2.75) is 34.1 Å². The fourth-order valence-corrected chi connectivity index (χ4v) is 6.79. The SMILES string of the molecule is [2H]C([2H])(c1ccc(-c2[c-]cc(C)cc2)nc1)C(C)(C)C.[CH3-].[Ir+3].[c-]1ccc2cc1c1cc(ccn1)c1cccc(c1)c1cccc(c1)c1cccc(c1)c1cccc2c1. The Morgan fingerprint density at radius 2 is 1.05 bits per heavy atom. The van der Waals surface area contributed by atoms with E-state index in [0.717, 1.165) is 38.5 Å². The summed E-state index contributed by atoms with van der Waals surface area (Å²) in [6, 6.07) is 61.9. The van der Waals surface area contributed by atoms with Crippen molar-refractivity contribution in [2.75, 3.05) is 0 Å². The van der Waals surface area contributed by atoms with Crippen LogP contribution < -0.4 is 0 Å². The second kappa shape index (κ2) is 17.4. The normalized spacial score (nSPS) is 11.8. The maximum Gasteiger partial charge on any atom is 3.00 e. The molecule has 2 aromatic heterocycles. The quantitative estimate of drug-likeness (QED) is 0.162. The van der Waals surface area contributed by atoms with Gasteiger partial charge in [0, 0.05) is 15.1 Å². The van der Waals surface area contributed by atoms with Crippen molar-refractivity contribution < 1.29 is 22.8 Å². The van der Waals surface area contributed by atoms with Gasteiger partial charge >= 0.3 is 20.1 Å². The molecule has 0 spiro atoms. The standard InChI is InChI=1S/C35H22N.C17H20N.CH3.Ir/c1-6-24-18-26(8-1)28-10-3-12-30(20-28)32-14-5-15-34(22-32)35-23-33(16-17-36-35)31-13-4-11-29(21-31)27-9-2-7-25(24)19-27;1-13-5-8-15(9-6-13)16-10-7-14(12-18-16)11-17(2,3)4;;/h1-14,16-23H;5-8,10,12H,11H2,1-4H3;1H3;/q3*-1;+3/i;11D2;;. The minimum absolute atomic E-state index is 0. The van der Waals surface area contributed by atoms with Crippen LogP contribution in [0.3, 0.4) is 0 Å². The maximum absolute atomic E-state index is 8.24. The van der Waals surface area contributed by atoms with Gasteiger partial charge in [-0.05, 0) is 107 Å². The van der Waals surface area contributed by atoms with Crippen LogP contribution in [0, 0.1) is 31.9 Å². The number of aromatic nitrogens is 2. The van der Waals surface area contributed by atoms with Crippen LogP contribution in [0.1, 0.15) is 34.6 Å². The molecule has 0 atom stereocenters. The Kier molecular flexibility index (Phi) is 11.5. The first kappa shape index (κ1) is 37.2. The van der Waals surface area contributed by atoms with E-state index in [1.165, 1.54) is 43.1 Å². The Balaban J connectivity index is 0.000000222. The minimum atomic E-state index is -1.41. The smallest absolute Gasteiger partial charge is 0.358 e. The topological polar surface area (TPSA) is 25.8 Å². The van der Waals surface area contributed by atoms with Gasteiger partial charge in [-0.3, -0.25) is 0 Å². The largest absolute Gasteiger partial charge is 3.00 e. The molecule has 0 aliphatic heterocycles. The van der Waals surface area contributed by atoms with Gasteiger partial charge in [0.1, 0.15) is 0 Å². The summed E-state index contributed by atoms with van der Waals surface area (Å²) in [6.45, 7) is 7.71. The summed E-state index contributed by atoms with van der Waals surface area (Å²) >= 11 is 0.